The van der Waals surface area contributed by atoms with Crippen LogP contribution in [-0.2, 0) is 0 Å². The van der Waals surface area contributed by atoms with Crippen LogP contribution >= 0.6 is 15.9 Å². The predicted octanol–water partition coefficient (Wildman–Crippen LogP) is 3.40. The van der Waals surface area contributed by atoms with Gasteiger partial charge in [-0.15, -0.1) is 0 Å². The van der Waals surface area contributed by atoms with Gasteiger partial charge in [0.1, 0.15) is 18.0 Å². The molecule has 6 nitrogen and oxygen atoms in total. The first-order valence-corrected chi connectivity index (χ1v) is 8.62. The lowest BCUT2D eigenvalue weighted by molar-refractivity contribution is 0.349. The summed E-state index contributed by atoms with van der Waals surface area (Å²) in [4.78, 5) is 8.64. The molecular formula is C16H16BrFN6. The standard InChI is InChI=1S/C16H16BrFN6/c17-10-1-2-14(13(18)7-10)23-15-12-8-22-24(16(12)21-9-20-15)11-3-5-19-6-4-11/h1-2,7-9,11,19H,3-6H2,(H,20,21,23). The normalized spacial score (nSPS) is 15.8. The zero-order valence-corrected chi connectivity index (χ0v) is 14.4. The van der Waals surface area contributed by atoms with Gasteiger partial charge in [-0.05, 0) is 44.1 Å². The molecule has 8 heteroatoms. The van der Waals surface area contributed by atoms with E-state index in [4.69, 9.17) is 0 Å². The molecule has 0 spiro atoms. The molecule has 3 heterocycles. The minimum absolute atomic E-state index is 0.330. The summed E-state index contributed by atoms with van der Waals surface area (Å²) in [7, 11) is 0. The Balaban J connectivity index is 1.70. The highest BCUT2D eigenvalue weighted by molar-refractivity contribution is 9.10. The highest BCUT2D eigenvalue weighted by Gasteiger charge is 2.20. The summed E-state index contributed by atoms with van der Waals surface area (Å²) in [6.07, 6.45) is 5.27. The predicted molar refractivity (Wildman–Crippen MR) is 93.8 cm³/mol. The van der Waals surface area contributed by atoms with Gasteiger partial charge in [0.05, 0.1) is 23.3 Å². The molecule has 0 atom stereocenters. The fourth-order valence-electron chi connectivity index (χ4n) is 3.00. The molecule has 24 heavy (non-hydrogen) atoms. The van der Waals surface area contributed by atoms with Gasteiger partial charge in [-0.2, -0.15) is 5.10 Å². The molecule has 1 aliphatic rings. The number of benzene rings is 1. The van der Waals surface area contributed by atoms with Crippen LogP contribution in [0.4, 0.5) is 15.9 Å². The van der Waals surface area contributed by atoms with E-state index in [1.54, 1.807) is 18.3 Å². The molecule has 124 valence electrons. The molecule has 0 amide bonds. The van der Waals surface area contributed by atoms with Crippen molar-refractivity contribution in [1.29, 1.82) is 0 Å². The molecule has 2 aromatic heterocycles. The zero-order chi connectivity index (χ0) is 16.5. The summed E-state index contributed by atoms with van der Waals surface area (Å²) in [6.45, 7) is 1.96. The van der Waals surface area contributed by atoms with Crippen molar-refractivity contribution in [3.8, 4) is 0 Å². The van der Waals surface area contributed by atoms with Gasteiger partial charge >= 0.3 is 0 Å². The Bertz CT molecular complexity index is 874. The third-order valence-electron chi connectivity index (χ3n) is 4.23. The first-order valence-electron chi connectivity index (χ1n) is 7.83. The fourth-order valence-corrected chi connectivity index (χ4v) is 3.33. The monoisotopic (exact) mass is 390 g/mol. The first kappa shape index (κ1) is 15.5. The largest absolute Gasteiger partial charge is 0.337 e. The summed E-state index contributed by atoms with van der Waals surface area (Å²) in [5.41, 5.74) is 1.14. The van der Waals surface area contributed by atoms with Gasteiger partial charge in [0.2, 0.25) is 0 Å². The Labute approximate surface area is 146 Å². The van der Waals surface area contributed by atoms with E-state index in [1.807, 2.05) is 4.68 Å². The third kappa shape index (κ3) is 2.87. The Kier molecular flexibility index (Phi) is 4.15. The highest BCUT2D eigenvalue weighted by atomic mass is 79.9. The molecule has 1 aliphatic heterocycles. The molecule has 4 rings (SSSR count). The minimum atomic E-state index is -0.345. The Hall–Kier alpha value is -2.06. The fraction of sp³-hybridized carbons (Fsp3) is 0.312. The quantitative estimate of drug-likeness (QED) is 0.717. The number of fused-ring (bicyclic) bond motifs is 1. The number of nitrogens with one attached hydrogen (secondary N) is 2. The Morgan fingerprint density at radius 1 is 1.25 bits per heavy atom. The molecule has 1 saturated heterocycles. The first-order chi connectivity index (χ1) is 11.7. The number of nitrogens with zero attached hydrogens (tertiary/aromatic N) is 4. The van der Waals surface area contributed by atoms with Gasteiger partial charge in [-0.3, -0.25) is 0 Å². The van der Waals surface area contributed by atoms with E-state index in [2.05, 4.69) is 41.6 Å². The second-order valence-electron chi connectivity index (χ2n) is 5.78. The number of anilines is 2. The molecular weight excluding hydrogens is 375 g/mol. The van der Waals surface area contributed by atoms with Crippen LogP contribution in [0.5, 0.6) is 0 Å². The number of rotatable bonds is 3. The van der Waals surface area contributed by atoms with E-state index < -0.39 is 0 Å². The average Bonchev–Trinajstić information content (AvgIpc) is 3.03. The van der Waals surface area contributed by atoms with Crippen LogP contribution in [-0.4, -0.2) is 32.8 Å². The van der Waals surface area contributed by atoms with Gasteiger partial charge in [0.15, 0.2) is 5.65 Å². The van der Waals surface area contributed by atoms with Crippen molar-refractivity contribution < 1.29 is 4.39 Å². The molecule has 1 fully saturated rings. The van der Waals surface area contributed by atoms with Crippen LogP contribution in [0.25, 0.3) is 11.0 Å². The van der Waals surface area contributed by atoms with Crippen molar-refractivity contribution in [3.05, 3.63) is 41.0 Å². The van der Waals surface area contributed by atoms with Crippen LogP contribution in [0.1, 0.15) is 18.9 Å². The van der Waals surface area contributed by atoms with Gasteiger partial charge in [0.25, 0.3) is 0 Å². The molecule has 3 aromatic rings. The Morgan fingerprint density at radius 2 is 2.08 bits per heavy atom. The molecule has 0 unspecified atom stereocenters. The maximum atomic E-state index is 14.1. The van der Waals surface area contributed by atoms with Gasteiger partial charge in [-0.1, -0.05) is 15.9 Å². The van der Waals surface area contributed by atoms with Crippen LogP contribution in [0.15, 0.2) is 35.2 Å². The maximum absolute atomic E-state index is 14.1. The summed E-state index contributed by atoms with van der Waals surface area (Å²) in [5, 5.41) is 11.7. The Morgan fingerprint density at radius 3 is 2.88 bits per heavy atom. The van der Waals surface area contributed by atoms with Crippen LogP contribution in [0.3, 0.4) is 0 Å². The topological polar surface area (TPSA) is 67.7 Å². The number of hydrogen-bond acceptors (Lipinski definition) is 5. The van der Waals surface area contributed by atoms with Crippen LogP contribution in [0.2, 0.25) is 0 Å². The van der Waals surface area contributed by atoms with Crippen LogP contribution in [0, 0.1) is 5.82 Å². The second kappa shape index (κ2) is 6.45. The lowest BCUT2D eigenvalue weighted by Crippen LogP contribution is -2.29. The smallest absolute Gasteiger partial charge is 0.163 e. The minimum Gasteiger partial charge on any atom is -0.337 e. The van der Waals surface area contributed by atoms with Gasteiger partial charge in [-0.25, -0.2) is 19.0 Å². The third-order valence-corrected chi connectivity index (χ3v) is 4.72. The summed E-state index contributed by atoms with van der Waals surface area (Å²) >= 11 is 3.26. The molecule has 0 saturated carbocycles. The zero-order valence-electron chi connectivity index (χ0n) is 12.8. The highest BCUT2D eigenvalue weighted by Crippen LogP contribution is 2.28. The summed E-state index contributed by atoms with van der Waals surface area (Å²) < 4.78 is 16.7. The second-order valence-corrected chi connectivity index (χ2v) is 6.69. The molecule has 0 bridgehead atoms. The van der Waals surface area contributed by atoms with Gasteiger partial charge in [0, 0.05) is 4.47 Å². The van der Waals surface area contributed by atoms with E-state index in [0.717, 1.165) is 37.0 Å². The number of hydrogen-bond donors (Lipinski definition) is 2. The molecule has 1 aromatic carbocycles. The van der Waals surface area contributed by atoms with Crippen molar-refractivity contribution in [2.75, 3.05) is 18.4 Å². The lowest BCUT2D eigenvalue weighted by Gasteiger charge is -2.23. The lowest BCUT2D eigenvalue weighted by atomic mass is 10.1. The van der Waals surface area contributed by atoms with E-state index >= 15 is 0 Å². The number of aromatic nitrogens is 4. The molecule has 0 aliphatic carbocycles. The van der Waals surface area contributed by atoms with Crippen molar-refractivity contribution in [3.63, 3.8) is 0 Å². The average molecular weight is 391 g/mol. The van der Waals surface area contributed by atoms with E-state index in [1.165, 1.54) is 12.4 Å². The van der Waals surface area contributed by atoms with Crippen molar-refractivity contribution in [2.45, 2.75) is 18.9 Å². The van der Waals surface area contributed by atoms with Crippen molar-refractivity contribution in [2.24, 2.45) is 0 Å². The van der Waals surface area contributed by atoms with Crippen molar-refractivity contribution >= 4 is 38.5 Å². The number of piperidine rings is 1. The van der Waals surface area contributed by atoms with E-state index in [0.29, 0.717) is 22.0 Å². The molecule has 0 radical (unpaired) electrons. The maximum Gasteiger partial charge on any atom is 0.163 e. The summed E-state index contributed by atoms with van der Waals surface area (Å²) in [5.74, 6) is 0.211. The van der Waals surface area contributed by atoms with Crippen LogP contribution < -0.4 is 10.6 Å². The number of halogens is 2. The molecule has 2 N–H and O–H groups in total. The van der Waals surface area contributed by atoms with E-state index in [-0.39, 0.29) is 5.82 Å². The van der Waals surface area contributed by atoms with E-state index in [9.17, 15) is 4.39 Å². The van der Waals surface area contributed by atoms with Gasteiger partial charge < -0.3 is 10.6 Å². The van der Waals surface area contributed by atoms with Crippen molar-refractivity contribution in [1.82, 2.24) is 25.1 Å². The SMILES string of the molecule is Fc1cc(Br)ccc1Nc1ncnc2c1cnn2C1CCNCC1. The summed E-state index contributed by atoms with van der Waals surface area (Å²) in [6, 6.07) is 5.20.